The van der Waals surface area contributed by atoms with E-state index in [9.17, 15) is 4.79 Å². The van der Waals surface area contributed by atoms with Gasteiger partial charge in [0.15, 0.2) is 0 Å². The van der Waals surface area contributed by atoms with Gasteiger partial charge < -0.3 is 10.4 Å². The molecule has 1 unspecified atom stereocenters. The Bertz CT molecular complexity index is 511. The molecule has 0 fully saturated rings. The third-order valence-electron chi connectivity index (χ3n) is 3.05. The minimum absolute atomic E-state index is 0.0470. The van der Waals surface area contributed by atoms with Crippen molar-refractivity contribution < 1.29 is 9.90 Å². The molecule has 0 aliphatic heterocycles. The number of carbonyl (C=O) groups is 1. The van der Waals surface area contributed by atoms with Gasteiger partial charge in [-0.05, 0) is 38.0 Å². The van der Waals surface area contributed by atoms with Crippen LogP contribution in [0, 0.1) is 18.8 Å². The van der Waals surface area contributed by atoms with E-state index in [4.69, 9.17) is 5.11 Å². The molecule has 0 aliphatic carbocycles. The highest BCUT2D eigenvalue weighted by Gasteiger charge is 2.11. The lowest BCUT2D eigenvalue weighted by atomic mass is 10.0. The number of aryl methyl sites for hydroxylation is 1. The summed E-state index contributed by atoms with van der Waals surface area (Å²) in [6.07, 6.45) is 2.47. The lowest BCUT2D eigenvalue weighted by molar-refractivity contribution is 0.0937. The number of hydrogen-bond acceptors (Lipinski definition) is 2. The fraction of sp³-hybridized carbons (Fsp3) is 0.471. The molecule has 1 rings (SSSR count). The van der Waals surface area contributed by atoms with Crippen molar-refractivity contribution in [2.45, 2.75) is 46.1 Å². The summed E-state index contributed by atoms with van der Waals surface area (Å²) in [5.74, 6) is 5.78. The van der Waals surface area contributed by atoms with Crippen LogP contribution in [0.2, 0.25) is 0 Å². The smallest absolute Gasteiger partial charge is 0.251 e. The molecule has 1 amide bonds. The van der Waals surface area contributed by atoms with Crippen LogP contribution in [-0.2, 0) is 0 Å². The normalized spacial score (nSPS) is 11.4. The zero-order chi connectivity index (χ0) is 15.0. The van der Waals surface area contributed by atoms with E-state index in [-0.39, 0.29) is 18.6 Å². The van der Waals surface area contributed by atoms with Crippen LogP contribution < -0.4 is 5.32 Å². The summed E-state index contributed by atoms with van der Waals surface area (Å²) >= 11 is 0. The Morgan fingerprint density at radius 1 is 1.45 bits per heavy atom. The van der Waals surface area contributed by atoms with Crippen LogP contribution >= 0.6 is 0 Å². The average Bonchev–Trinajstić information content (AvgIpc) is 2.41. The Balaban J connectivity index is 2.86. The molecular formula is C17H23NO2. The average molecular weight is 273 g/mol. The summed E-state index contributed by atoms with van der Waals surface area (Å²) < 4.78 is 0. The molecule has 3 heteroatoms. The highest BCUT2D eigenvalue weighted by atomic mass is 16.2. The first-order chi connectivity index (χ1) is 9.58. The van der Waals surface area contributed by atoms with Gasteiger partial charge in [-0.25, -0.2) is 0 Å². The Labute approximate surface area is 121 Å². The van der Waals surface area contributed by atoms with Gasteiger partial charge in [0, 0.05) is 23.6 Å². The van der Waals surface area contributed by atoms with Crippen LogP contribution in [0.5, 0.6) is 0 Å². The molecule has 0 saturated carbocycles. The van der Waals surface area contributed by atoms with Gasteiger partial charge in [-0.15, -0.1) is 0 Å². The number of amides is 1. The number of benzene rings is 1. The Hall–Kier alpha value is -1.79. The van der Waals surface area contributed by atoms with Gasteiger partial charge in [0.1, 0.15) is 0 Å². The Morgan fingerprint density at radius 2 is 2.20 bits per heavy atom. The molecule has 0 aromatic heterocycles. The first-order valence-corrected chi connectivity index (χ1v) is 7.09. The zero-order valence-corrected chi connectivity index (χ0v) is 12.5. The van der Waals surface area contributed by atoms with Crippen molar-refractivity contribution in [3.8, 4) is 11.8 Å². The van der Waals surface area contributed by atoms with Gasteiger partial charge in [-0.3, -0.25) is 4.79 Å². The monoisotopic (exact) mass is 273 g/mol. The van der Waals surface area contributed by atoms with Crippen molar-refractivity contribution in [3.63, 3.8) is 0 Å². The van der Waals surface area contributed by atoms with Crippen molar-refractivity contribution in [3.05, 3.63) is 34.9 Å². The molecule has 0 saturated heterocycles. The number of nitrogens with one attached hydrogen (secondary N) is 1. The van der Waals surface area contributed by atoms with Gasteiger partial charge in [0.2, 0.25) is 0 Å². The second-order valence-electron chi connectivity index (χ2n) is 4.97. The van der Waals surface area contributed by atoms with E-state index < -0.39 is 0 Å². The van der Waals surface area contributed by atoms with Gasteiger partial charge in [-0.1, -0.05) is 31.3 Å². The van der Waals surface area contributed by atoms with E-state index in [1.165, 1.54) is 0 Å². The van der Waals surface area contributed by atoms with E-state index in [1.54, 1.807) is 0 Å². The second-order valence-corrected chi connectivity index (χ2v) is 4.97. The molecule has 0 aliphatic rings. The minimum atomic E-state index is -0.0470. The highest BCUT2D eigenvalue weighted by molar-refractivity contribution is 5.96. The standard InChI is InChI=1S/C17H23NO2/c1-4-7-14(3)18-17(20)16-12-15(8-5-6-11-19)10-9-13(16)2/h9-10,12,14,19H,4,6-7,11H2,1-3H3,(H,18,20). The van der Waals surface area contributed by atoms with Crippen molar-refractivity contribution in [1.29, 1.82) is 0 Å². The van der Waals surface area contributed by atoms with Crippen LogP contribution in [0.4, 0.5) is 0 Å². The summed E-state index contributed by atoms with van der Waals surface area (Å²) in [5, 5.41) is 11.7. The highest BCUT2D eigenvalue weighted by Crippen LogP contribution is 2.11. The molecule has 0 spiro atoms. The Kier molecular flexibility index (Phi) is 6.83. The molecular weight excluding hydrogens is 250 g/mol. The third-order valence-corrected chi connectivity index (χ3v) is 3.05. The SMILES string of the molecule is CCCC(C)NC(=O)c1cc(C#CCCO)ccc1C. The van der Waals surface area contributed by atoms with Crippen molar-refractivity contribution in [1.82, 2.24) is 5.32 Å². The third kappa shape index (κ3) is 5.07. The molecule has 2 N–H and O–H groups in total. The van der Waals surface area contributed by atoms with E-state index in [0.717, 1.165) is 24.0 Å². The maximum absolute atomic E-state index is 12.2. The number of hydrogen-bond donors (Lipinski definition) is 2. The van der Waals surface area contributed by atoms with E-state index >= 15 is 0 Å². The summed E-state index contributed by atoms with van der Waals surface area (Å²) in [6.45, 7) is 6.10. The largest absolute Gasteiger partial charge is 0.395 e. The zero-order valence-electron chi connectivity index (χ0n) is 12.5. The molecule has 1 atom stereocenters. The lowest BCUT2D eigenvalue weighted by Crippen LogP contribution is -2.32. The van der Waals surface area contributed by atoms with Gasteiger partial charge in [0.05, 0.1) is 6.61 Å². The van der Waals surface area contributed by atoms with Crippen molar-refractivity contribution in [2.24, 2.45) is 0 Å². The summed E-state index contributed by atoms with van der Waals surface area (Å²) in [6, 6.07) is 5.79. The topological polar surface area (TPSA) is 49.3 Å². The van der Waals surface area contributed by atoms with E-state index in [1.807, 2.05) is 32.0 Å². The summed E-state index contributed by atoms with van der Waals surface area (Å²) in [5.41, 5.74) is 2.42. The lowest BCUT2D eigenvalue weighted by Gasteiger charge is -2.14. The van der Waals surface area contributed by atoms with E-state index in [0.29, 0.717) is 12.0 Å². The number of carbonyl (C=O) groups excluding carboxylic acids is 1. The first-order valence-electron chi connectivity index (χ1n) is 7.09. The fourth-order valence-corrected chi connectivity index (χ4v) is 1.97. The molecule has 108 valence electrons. The van der Waals surface area contributed by atoms with Crippen LogP contribution in [-0.4, -0.2) is 23.7 Å². The van der Waals surface area contributed by atoms with Crippen molar-refractivity contribution in [2.75, 3.05) is 6.61 Å². The number of rotatable bonds is 5. The number of aliphatic hydroxyl groups excluding tert-OH is 1. The molecule has 3 nitrogen and oxygen atoms in total. The molecule has 20 heavy (non-hydrogen) atoms. The van der Waals surface area contributed by atoms with Gasteiger partial charge in [-0.2, -0.15) is 0 Å². The van der Waals surface area contributed by atoms with Crippen LogP contribution in [0.15, 0.2) is 18.2 Å². The number of aliphatic hydroxyl groups is 1. The molecule has 1 aromatic carbocycles. The van der Waals surface area contributed by atoms with Gasteiger partial charge >= 0.3 is 0 Å². The van der Waals surface area contributed by atoms with Crippen molar-refractivity contribution >= 4 is 5.91 Å². The summed E-state index contributed by atoms with van der Waals surface area (Å²) in [4.78, 5) is 12.2. The second kappa shape index (κ2) is 8.39. The predicted molar refractivity (Wildman–Crippen MR) is 81.6 cm³/mol. The molecule has 0 heterocycles. The minimum Gasteiger partial charge on any atom is -0.395 e. The Morgan fingerprint density at radius 3 is 2.85 bits per heavy atom. The maximum Gasteiger partial charge on any atom is 0.251 e. The maximum atomic E-state index is 12.2. The fourth-order valence-electron chi connectivity index (χ4n) is 1.97. The molecule has 1 aromatic rings. The van der Waals surface area contributed by atoms with Gasteiger partial charge in [0.25, 0.3) is 5.91 Å². The molecule has 0 radical (unpaired) electrons. The summed E-state index contributed by atoms with van der Waals surface area (Å²) in [7, 11) is 0. The quantitative estimate of drug-likeness (QED) is 0.810. The van der Waals surface area contributed by atoms with Crippen LogP contribution in [0.1, 0.15) is 54.6 Å². The molecule has 0 bridgehead atoms. The predicted octanol–water partition coefficient (Wildman–Crippen LogP) is 2.65. The van der Waals surface area contributed by atoms with E-state index in [2.05, 4.69) is 24.1 Å². The first kappa shape index (κ1) is 16.3. The van der Waals surface area contributed by atoms with Crippen LogP contribution in [0.25, 0.3) is 0 Å². The van der Waals surface area contributed by atoms with Crippen LogP contribution in [0.3, 0.4) is 0 Å².